The summed E-state index contributed by atoms with van der Waals surface area (Å²) in [5.74, 6) is 1.47. The smallest absolute Gasteiger partial charge is 0 e. The molecule has 0 unspecified atom stereocenters. The maximum atomic E-state index is 2.39. The minimum absolute atomic E-state index is 0. The molecule has 203 valence electrons. The van der Waals surface area contributed by atoms with Crippen LogP contribution in [-0.4, -0.2) is 49.9 Å². The lowest BCUT2D eigenvalue weighted by Gasteiger charge is -2.29. The summed E-state index contributed by atoms with van der Waals surface area (Å²) in [4.78, 5) is 0. The molecule has 5 aromatic rings. The minimum Gasteiger partial charge on any atom is -0.0747 e. The molecule has 6 rings (SSSR count). The zero-order chi connectivity index (χ0) is 26.3. The first-order valence-corrected chi connectivity index (χ1v) is 18.7. The van der Waals surface area contributed by atoms with Crippen LogP contribution in [0.5, 0.6) is 0 Å². The van der Waals surface area contributed by atoms with Gasteiger partial charge in [-0.3, -0.25) is 0 Å². The van der Waals surface area contributed by atoms with Crippen LogP contribution in [0.4, 0.5) is 0 Å². The van der Waals surface area contributed by atoms with Crippen LogP contribution < -0.4 is 26.5 Å². The van der Waals surface area contributed by atoms with Crippen molar-refractivity contribution in [2.45, 2.75) is 0 Å². The third-order valence-electron chi connectivity index (χ3n) is 7.80. The Labute approximate surface area is 262 Å². The largest absolute Gasteiger partial charge is 0.0747 e. The minimum atomic E-state index is -0.392. The predicted octanol–water partition coefficient (Wildman–Crippen LogP) is 6.16. The molecule has 0 aliphatic carbocycles. The second-order valence-corrected chi connectivity index (χ2v) is 17.2. The van der Waals surface area contributed by atoms with E-state index in [2.05, 4.69) is 152 Å². The van der Waals surface area contributed by atoms with Gasteiger partial charge in [-0.2, -0.15) is 0 Å². The highest BCUT2D eigenvalue weighted by Gasteiger charge is 2.38. The van der Waals surface area contributed by atoms with Gasteiger partial charge in [0, 0.05) is 25.2 Å². The Bertz CT molecular complexity index is 1250. The van der Waals surface area contributed by atoms with Gasteiger partial charge in [0.1, 0.15) is 0 Å². The highest BCUT2D eigenvalue weighted by molar-refractivity contribution is 7.73. The molecule has 0 spiro atoms. The van der Waals surface area contributed by atoms with E-state index in [9.17, 15) is 0 Å². The average Bonchev–Trinajstić information content (AvgIpc) is 3.43. The molecule has 1 aliphatic rings. The van der Waals surface area contributed by atoms with E-state index in [1.807, 2.05) is 0 Å². The van der Waals surface area contributed by atoms with Gasteiger partial charge in [-0.25, -0.2) is 0 Å². The van der Waals surface area contributed by atoms with E-state index < -0.39 is 15.8 Å². The number of rotatable bonds is 9. The number of benzene rings is 5. The van der Waals surface area contributed by atoms with Gasteiger partial charge in [0.15, 0.2) is 0 Å². The molecule has 2 atom stereocenters. The molecule has 1 fully saturated rings. The molecule has 5 aromatic carbocycles. The molecular formula is C36H35B3P3. The van der Waals surface area contributed by atoms with E-state index in [0.717, 1.165) is 11.8 Å². The zero-order valence-electron chi connectivity index (χ0n) is 24.0. The Morgan fingerprint density at radius 2 is 0.667 bits per heavy atom. The molecule has 1 saturated heterocycles. The van der Waals surface area contributed by atoms with Crippen molar-refractivity contribution >= 4 is 75.5 Å². The van der Waals surface area contributed by atoms with Crippen LogP contribution in [0.15, 0.2) is 152 Å². The van der Waals surface area contributed by atoms with E-state index in [1.165, 1.54) is 45.9 Å². The molecule has 0 amide bonds. The van der Waals surface area contributed by atoms with E-state index in [-0.39, 0.29) is 33.2 Å². The first-order valence-electron chi connectivity index (χ1n) is 13.9. The first-order chi connectivity index (χ1) is 19.3. The van der Waals surface area contributed by atoms with E-state index >= 15 is 0 Å². The number of hydrogen-bond acceptors (Lipinski definition) is 0. The van der Waals surface area contributed by atoms with Crippen LogP contribution in [0, 0.1) is 11.8 Å². The van der Waals surface area contributed by atoms with E-state index in [4.69, 9.17) is 0 Å². The van der Waals surface area contributed by atoms with Crippen molar-refractivity contribution in [2.75, 3.05) is 24.6 Å². The Hall–Kier alpha value is -2.42. The summed E-state index contributed by atoms with van der Waals surface area (Å²) in [7, 11) is -0.920. The van der Waals surface area contributed by atoms with Gasteiger partial charge in [0.2, 0.25) is 0 Å². The second kappa shape index (κ2) is 17.0. The standard InChI is InChI=1S/C36H35P3.3B/c1-6-16-32(17-7-1)37-26-30(28-38(33-18-8-2-9-19-33)34-20-10-3-11-21-34)31(27-37)29-39(35-22-12-4-13-23-35)36-24-14-5-15-25-36;;;/h1-25,30-31H,26-29H2;;;/t30-,31-;;;/m1.../s1. The van der Waals surface area contributed by atoms with Crippen LogP contribution in [0.2, 0.25) is 0 Å². The summed E-state index contributed by atoms with van der Waals surface area (Å²) in [5.41, 5.74) is 0. The number of hydrogen-bond donors (Lipinski definition) is 0. The van der Waals surface area contributed by atoms with Gasteiger partial charge < -0.3 is 0 Å². The molecule has 0 N–H and O–H groups in total. The highest BCUT2D eigenvalue weighted by atomic mass is 31.1. The summed E-state index contributed by atoms with van der Waals surface area (Å²) >= 11 is 0. The van der Waals surface area contributed by atoms with Crippen molar-refractivity contribution in [3.63, 3.8) is 0 Å². The molecule has 0 aromatic heterocycles. The summed E-state index contributed by atoms with van der Waals surface area (Å²) in [5, 5.41) is 7.65. The van der Waals surface area contributed by atoms with Gasteiger partial charge in [0.25, 0.3) is 0 Å². The summed E-state index contributed by atoms with van der Waals surface area (Å²) in [6.45, 7) is 0. The van der Waals surface area contributed by atoms with Gasteiger partial charge in [-0.1, -0.05) is 160 Å². The molecule has 6 heteroatoms. The Balaban J connectivity index is 0.00000161. The molecule has 42 heavy (non-hydrogen) atoms. The van der Waals surface area contributed by atoms with Crippen LogP contribution in [0.3, 0.4) is 0 Å². The quantitative estimate of drug-likeness (QED) is 0.142. The van der Waals surface area contributed by atoms with Crippen LogP contribution in [0.25, 0.3) is 0 Å². The second-order valence-electron chi connectivity index (χ2n) is 10.3. The zero-order valence-corrected chi connectivity index (χ0v) is 26.7. The molecular weight excluding hydrogens is 558 g/mol. The monoisotopic (exact) mass is 593 g/mol. The van der Waals surface area contributed by atoms with Crippen LogP contribution in [-0.2, 0) is 0 Å². The normalized spacial score (nSPS) is 16.3. The van der Waals surface area contributed by atoms with Gasteiger partial charge in [-0.15, -0.1) is 0 Å². The lowest BCUT2D eigenvalue weighted by Crippen LogP contribution is -2.27. The van der Waals surface area contributed by atoms with Crippen LogP contribution in [0.1, 0.15) is 0 Å². The summed E-state index contributed by atoms with van der Waals surface area (Å²) in [6, 6.07) is 56.7. The lowest BCUT2D eigenvalue weighted by molar-refractivity contribution is 0.507. The lowest BCUT2D eigenvalue weighted by atomic mass is 10.0. The Morgan fingerprint density at radius 1 is 0.405 bits per heavy atom. The molecule has 0 bridgehead atoms. The SMILES string of the molecule is [B].[B].[B].c1ccc(P2C[C@H](CP(c3ccccc3)c3ccccc3)[C@@H](CP(c3ccccc3)c3ccccc3)C2)cc1. The third kappa shape index (κ3) is 8.36. The maximum absolute atomic E-state index is 2.39. The topological polar surface area (TPSA) is 0 Å². The van der Waals surface area contributed by atoms with Crippen molar-refractivity contribution in [1.29, 1.82) is 0 Å². The highest BCUT2D eigenvalue weighted by Crippen LogP contribution is 2.54. The van der Waals surface area contributed by atoms with Crippen molar-refractivity contribution < 1.29 is 0 Å². The molecule has 9 radical (unpaired) electrons. The van der Waals surface area contributed by atoms with E-state index in [0.29, 0.717) is 0 Å². The predicted molar refractivity (Wildman–Crippen MR) is 195 cm³/mol. The third-order valence-corrected chi connectivity index (χ3v) is 16.0. The fraction of sp³-hybridized carbons (Fsp3) is 0.167. The fourth-order valence-corrected chi connectivity index (χ4v) is 14.7. The summed E-state index contributed by atoms with van der Waals surface area (Å²) < 4.78 is 0. The van der Waals surface area contributed by atoms with Crippen molar-refractivity contribution in [3.8, 4) is 0 Å². The maximum Gasteiger partial charge on any atom is 0 e. The molecule has 1 aliphatic heterocycles. The van der Waals surface area contributed by atoms with Crippen LogP contribution >= 0.6 is 23.8 Å². The van der Waals surface area contributed by atoms with Crippen molar-refractivity contribution in [1.82, 2.24) is 0 Å². The van der Waals surface area contributed by atoms with Gasteiger partial charge in [0.05, 0.1) is 0 Å². The molecule has 0 nitrogen and oxygen atoms in total. The first kappa shape index (κ1) is 34.1. The summed E-state index contributed by atoms with van der Waals surface area (Å²) in [6.07, 6.45) is 5.28. The van der Waals surface area contributed by atoms with Gasteiger partial charge in [-0.05, 0) is 78.8 Å². The van der Waals surface area contributed by atoms with Gasteiger partial charge >= 0.3 is 0 Å². The van der Waals surface area contributed by atoms with E-state index in [1.54, 1.807) is 5.30 Å². The molecule has 0 saturated carbocycles. The average molecular weight is 593 g/mol. The fourth-order valence-electron chi connectivity index (χ4n) is 5.82. The Morgan fingerprint density at radius 3 is 0.952 bits per heavy atom. The molecule has 1 heterocycles. The van der Waals surface area contributed by atoms with Crippen molar-refractivity contribution in [2.24, 2.45) is 11.8 Å². The van der Waals surface area contributed by atoms with Crippen molar-refractivity contribution in [3.05, 3.63) is 152 Å². The Kier molecular flexibility index (Phi) is 13.8.